The molecule has 0 aliphatic rings. The van der Waals surface area contributed by atoms with Crippen molar-refractivity contribution in [2.45, 2.75) is 46.2 Å². The van der Waals surface area contributed by atoms with E-state index in [1.54, 1.807) is 4.90 Å². The van der Waals surface area contributed by atoms with E-state index in [2.05, 4.69) is 19.2 Å². The van der Waals surface area contributed by atoms with Gasteiger partial charge in [-0.25, -0.2) is 0 Å². The smallest absolute Gasteiger partial charge is 0.243 e. The maximum atomic E-state index is 13.6. The van der Waals surface area contributed by atoms with E-state index in [1.807, 2.05) is 91.9 Å². The van der Waals surface area contributed by atoms with Crippen LogP contribution in [0.15, 0.2) is 84.9 Å². The van der Waals surface area contributed by atoms with Gasteiger partial charge in [-0.05, 0) is 29.5 Å². The van der Waals surface area contributed by atoms with Crippen molar-refractivity contribution in [2.24, 2.45) is 5.92 Å². The number of nitrogens with zero attached hydrogens (tertiary/aromatic N) is 1. The quantitative estimate of drug-likeness (QED) is 0.483. The molecule has 0 saturated heterocycles. The molecule has 0 aromatic heterocycles. The van der Waals surface area contributed by atoms with Gasteiger partial charge in [-0.1, -0.05) is 104 Å². The number of hydrogen-bond acceptors (Lipinski definition) is 2. The summed E-state index contributed by atoms with van der Waals surface area (Å²) >= 11 is 0. The molecular weight excluding hydrogens is 408 g/mol. The van der Waals surface area contributed by atoms with Gasteiger partial charge in [0.05, 0.1) is 6.42 Å². The third-order valence-corrected chi connectivity index (χ3v) is 5.59. The summed E-state index contributed by atoms with van der Waals surface area (Å²) in [5, 5.41) is 3.06. The average molecular weight is 443 g/mol. The Morgan fingerprint density at radius 1 is 0.818 bits per heavy atom. The molecule has 1 N–H and O–H groups in total. The molecule has 3 aromatic rings. The monoisotopic (exact) mass is 442 g/mol. The number of carbonyl (C=O) groups excluding carboxylic acids is 2. The molecule has 3 aromatic carbocycles. The van der Waals surface area contributed by atoms with E-state index in [9.17, 15) is 9.59 Å². The molecule has 0 aliphatic carbocycles. The molecule has 0 aliphatic heterocycles. The van der Waals surface area contributed by atoms with E-state index in [0.717, 1.165) is 22.3 Å². The summed E-state index contributed by atoms with van der Waals surface area (Å²) in [7, 11) is 0. The number of nitrogens with one attached hydrogen (secondary N) is 1. The van der Waals surface area contributed by atoms with Crippen LogP contribution in [-0.4, -0.2) is 29.3 Å². The highest BCUT2D eigenvalue weighted by molar-refractivity contribution is 5.88. The van der Waals surface area contributed by atoms with Crippen LogP contribution >= 0.6 is 0 Å². The van der Waals surface area contributed by atoms with E-state index < -0.39 is 6.04 Å². The predicted molar refractivity (Wildman–Crippen MR) is 134 cm³/mol. The van der Waals surface area contributed by atoms with Gasteiger partial charge in [0.1, 0.15) is 6.04 Å². The summed E-state index contributed by atoms with van der Waals surface area (Å²) in [6, 6.07) is 27.2. The second kappa shape index (κ2) is 12.0. The lowest BCUT2D eigenvalue weighted by atomic mass is 10.0. The lowest BCUT2D eigenvalue weighted by molar-refractivity contribution is -0.140. The van der Waals surface area contributed by atoms with Crippen LogP contribution in [0.5, 0.6) is 0 Å². The zero-order chi connectivity index (χ0) is 23.6. The van der Waals surface area contributed by atoms with Crippen molar-refractivity contribution in [1.29, 1.82) is 0 Å². The molecule has 3 rings (SSSR count). The molecule has 172 valence electrons. The van der Waals surface area contributed by atoms with Gasteiger partial charge >= 0.3 is 0 Å². The standard InChI is InChI=1S/C29H34N2O2/c1-22(2)20-30-29(33)27(18-24-12-6-4-7-13-24)31(21-25-14-8-5-9-15-25)28(32)19-26-16-10-11-23(3)17-26/h4-17,22,27H,18-21H2,1-3H3,(H,30,33). The van der Waals surface area contributed by atoms with Crippen LogP contribution in [0.1, 0.15) is 36.1 Å². The number of aryl methyl sites for hydroxylation is 1. The van der Waals surface area contributed by atoms with Crippen LogP contribution in [0.2, 0.25) is 0 Å². The Labute approximate surface area is 197 Å². The minimum Gasteiger partial charge on any atom is -0.354 e. The van der Waals surface area contributed by atoms with Gasteiger partial charge in [0.15, 0.2) is 0 Å². The average Bonchev–Trinajstić information content (AvgIpc) is 2.81. The van der Waals surface area contributed by atoms with Crippen LogP contribution in [0.3, 0.4) is 0 Å². The first kappa shape index (κ1) is 24.2. The molecule has 0 fully saturated rings. The Morgan fingerprint density at radius 3 is 2.03 bits per heavy atom. The van der Waals surface area contributed by atoms with Gasteiger partial charge in [-0.2, -0.15) is 0 Å². The fourth-order valence-electron chi connectivity index (χ4n) is 3.85. The van der Waals surface area contributed by atoms with Crippen molar-refractivity contribution in [3.63, 3.8) is 0 Å². The molecule has 0 radical (unpaired) electrons. The second-order valence-corrected chi connectivity index (χ2v) is 9.02. The largest absolute Gasteiger partial charge is 0.354 e. The number of amides is 2. The number of carbonyl (C=O) groups is 2. The summed E-state index contributed by atoms with van der Waals surface area (Å²) in [5.41, 5.74) is 4.11. The van der Waals surface area contributed by atoms with Crippen LogP contribution in [0.25, 0.3) is 0 Å². The maximum absolute atomic E-state index is 13.6. The molecule has 0 saturated carbocycles. The molecule has 1 unspecified atom stereocenters. The lowest BCUT2D eigenvalue weighted by Gasteiger charge is -2.32. The minimum absolute atomic E-state index is 0.0509. The molecule has 2 amide bonds. The van der Waals surface area contributed by atoms with Crippen molar-refractivity contribution in [3.05, 3.63) is 107 Å². The zero-order valence-corrected chi connectivity index (χ0v) is 19.8. The summed E-state index contributed by atoms with van der Waals surface area (Å²) in [6.07, 6.45) is 0.731. The van der Waals surface area contributed by atoms with Gasteiger partial charge in [0, 0.05) is 19.5 Å². The predicted octanol–water partition coefficient (Wildman–Crippen LogP) is 4.95. The Kier molecular flexibility index (Phi) is 8.82. The van der Waals surface area contributed by atoms with Crippen molar-refractivity contribution in [2.75, 3.05) is 6.54 Å². The third kappa shape index (κ3) is 7.60. The summed E-state index contributed by atoms with van der Waals surface area (Å²) in [4.78, 5) is 28.8. The molecule has 33 heavy (non-hydrogen) atoms. The van der Waals surface area contributed by atoms with E-state index in [4.69, 9.17) is 0 Å². The number of rotatable bonds is 10. The zero-order valence-electron chi connectivity index (χ0n) is 19.8. The fourth-order valence-corrected chi connectivity index (χ4v) is 3.85. The van der Waals surface area contributed by atoms with Gasteiger partial charge in [0.25, 0.3) is 0 Å². The topological polar surface area (TPSA) is 49.4 Å². The van der Waals surface area contributed by atoms with Gasteiger partial charge in [-0.15, -0.1) is 0 Å². The van der Waals surface area contributed by atoms with Gasteiger partial charge < -0.3 is 10.2 Å². The molecule has 1 atom stereocenters. The highest BCUT2D eigenvalue weighted by atomic mass is 16.2. The van der Waals surface area contributed by atoms with Crippen molar-refractivity contribution in [1.82, 2.24) is 10.2 Å². The summed E-state index contributed by atoms with van der Waals surface area (Å²) < 4.78 is 0. The Morgan fingerprint density at radius 2 is 1.42 bits per heavy atom. The van der Waals surface area contributed by atoms with Gasteiger partial charge in [0.2, 0.25) is 11.8 Å². The van der Waals surface area contributed by atoms with Gasteiger partial charge in [-0.3, -0.25) is 9.59 Å². The summed E-state index contributed by atoms with van der Waals surface area (Å²) in [6.45, 7) is 7.12. The van der Waals surface area contributed by atoms with Crippen LogP contribution in [0, 0.1) is 12.8 Å². The van der Waals surface area contributed by atoms with Crippen molar-refractivity contribution in [3.8, 4) is 0 Å². The highest BCUT2D eigenvalue weighted by Crippen LogP contribution is 2.17. The molecule has 0 heterocycles. The van der Waals surface area contributed by atoms with Crippen molar-refractivity contribution < 1.29 is 9.59 Å². The minimum atomic E-state index is -0.594. The first-order valence-electron chi connectivity index (χ1n) is 11.6. The number of benzene rings is 3. The summed E-state index contributed by atoms with van der Waals surface area (Å²) in [5.74, 6) is 0.169. The first-order valence-corrected chi connectivity index (χ1v) is 11.6. The Bertz CT molecular complexity index is 1030. The van der Waals surface area contributed by atoms with E-state index in [0.29, 0.717) is 25.4 Å². The Hall–Kier alpha value is -3.40. The van der Waals surface area contributed by atoms with E-state index in [-0.39, 0.29) is 18.2 Å². The molecule has 0 spiro atoms. The van der Waals surface area contributed by atoms with Crippen LogP contribution in [-0.2, 0) is 29.0 Å². The Balaban J connectivity index is 1.93. The third-order valence-electron chi connectivity index (χ3n) is 5.59. The first-order chi connectivity index (χ1) is 15.9. The van der Waals surface area contributed by atoms with Crippen LogP contribution in [0.4, 0.5) is 0 Å². The van der Waals surface area contributed by atoms with E-state index in [1.165, 1.54) is 0 Å². The second-order valence-electron chi connectivity index (χ2n) is 9.02. The molecule has 0 bridgehead atoms. The normalized spacial score (nSPS) is 11.8. The molecule has 4 heteroatoms. The van der Waals surface area contributed by atoms with Crippen LogP contribution < -0.4 is 5.32 Å². The molecular formula is C29H34N2O2. The maximum Gasteiger partial charge on any atom is 0.243 e. The molecule has 4 nitrogen and oxygen atoms in total. The SMILES string of the molecule is Cc1cccc(CC(=O)N(Cc2ccccc2)C(Cc2ccccc2)C(=O)NCC(C)C)c1. The van der Waals surface area contributed by atoms with E-state index >= 15 is 0 Å². The highest BCUT2D eigenvalue weighted by Gasteiger charge is 2.30. The lowest BCUT2D eigenvalue weighted by Crippen LogP contribution is -2.51. The fraction of sp³-hybridized carbons (Fsp3) is 0.310. The number of hydrogen-bond donors (Lipinski definition) is 1. The van der Waals surface area contributed by atoms with Crippen molar-refractivity contribution >= 4 is 11.8 Å².